The van der Waals surface area contributed by atoms with Gasteiger partial charge in [-0.1, -0.05) is 18.2 Å². The summed E-state index contributed by atoms with van der Waals surface area (Å²) in [7, 11) is 0. The van der Waals surface area contributed by atoms with Gasteiger partial charge in [0.1, 0.15) is 0 Å². The van der Waals surface area contributed by atoms with E-state index in [1.54, 1.807) is 0 Å². The number of nitrogens with one attached hydrogen (secondary N) is 2. The van der Waals surface area contributed by atoms with Crippen LogP contribution in [-0.2, 0) is 6.42 Å². The van der Waals surface area contributed by atoms with Crippen LogP contribution < -0.4 is 10.6 Å². The van der Waals surface area contributed by atoms with Gasteiger partial charge in [-0.25, -0.2) is 4.79 Å². The Hall–Kier alpha value is -1.71. The Balaban J connectivity index is 2.05. The number of hydrogen-bond acceptors (Lipinski definition) is 2. The van der Waals surface area contributed by atoms with E-state index in [0.29, 0.717) is 6.54 Å². The highest BCUT2D eigenvalue weighted by molar-refractivity contribution is 5.65. The molecule has 1 aliphatic heterocycles. The molecule has 80 valence electrons. The number of anilines is 1. The van der Waals surface area contributed by atoms with Gasteiger partial charge in [-0.3, -0.25) is 0 Å². The van der Waals surface area contributed by atoms with Crippen molar-refractivity contribution in [1.29, 1.82) is 0 Å². The highest BCUT2D eigenvalue weighted by Crippen LogP contribution is 2.20. The van der Waals surface area contributed by atoms with Crippen LogP contribution in [0.15, 0.2) is 24.3 Å². The van der Waals surface area contributed by atoms with Gasteiger partial charge in [0.2, 0.25) is 0 Å². The average molecular weight is 206 g/mol. The highest BCUT2D eigenvalue weighted by Gasteiger charge is 2.16. The summed E-state index contributed by atoms with van der Waals surface area (Å²) in [5, 5.41) is 14.4. The van der Waals surface area contributed by atoms with Crippen LogP contribution in [-0.4, -0.2) is 23.8 Å². The quantitative estimate of drug-likeness (QED) is 0.655. The number of aryl methyl sites for hydroxylation is 1. The van der Waals surface area contributed by atoms with Crippen LogP contribution in [0.3, 0.4) is 0 Å². The number of fused-ring (bicyclic) bond motifs is 1. The predicted molar refractivity (Wildman–Crippen MR) is 58.2 cm³/mol. The fourth-order valence-corrected chi connectivity index (χ4v) is 1.87. The second-order valence-electron chi connectivity index (χ2n) is 3.72. The van der Waals surface area contributed by atoms with Crippen molar-refractivity contribution >= 4 is 11.8 Å². The SMILES string of the molecule is O=C(O)NC1CCc2ccccc2NC1. The van der Waals surface area contributed by atoms with Crippen LogP contribution >= 0.6 is 0 Å². The van der Waals surface area contributed by atoms with Crippen LogP contribution in [0.2, 0.25) is 0 Å². The van der Waals surface area contributed by atoms with Crippen molar-refractivity contribution < 1.29 is 9.90 Å². The molecule has 1 heterocycles. The minimum Gasteiger partial charge on any atom is -0.465 e. The minimum atomic E-state index is -0.951. The second kappa shape index (κ2) is 4.21. The lowest BCUT2D eigenvalue weighted by molar-refractivity contribution is 0.190. The molecule has 0 bridgehead atoms. The van der Waals surface area contributed by atoms with Crippen LogP contribution in [0.5, 0.6) is 0 Å². The molecule has 1 aromatic carbocycles. The Morgan fingerprint density at radius 2 is 2.27 bits per heavy atom. The average Bonchev–Trinajstić information content (AvgIpc) is 2.41. The van der Waals surface area contributed by atoms with Gasteiger partial charge >= 0.3 is 6.09 Å². The Kier molecular flexibility index (Phi) is 2.76. The normalized spacial score (nSPS) is 19.6. The van der Waals surface area contributed by atoms with E-state index < -0.39 is 6.09 Å². The van der Waals surface area contributed by atoms with Crippen molar-refractivity contribution in [2.75, 3.05) is 11.9 Å². The van der Waals surface area contributed by atoms with E-state index in [4.69, 9.17) is 5.11 Å². The fraction of sp³-hybridized carbons (Fsp3) is 0.364. The van der Waals surface area contributed by atoms with Crippen molar-refractivity contribution in [3.63, 3.8) is 0 Å². The van der Waals surface area contributed by atoms with Crippen LogP contribution in [0.1, 0.15) is 12.0 Å². The summed E-state index contributed by atoms with van der Waals surface area (Å²) < 4.78 is 0. The Morgan fingerprint density at radius 1 is 1.47 bits per heavy atom. The topological polar surface area (TPSA) is 61.4 Å². The minimum absolute atomic E-state index is 0.00472. The number of carboxylic acid groups (broad SMARTS) is 1. The first-order chi connectivity index (χ1) is 7.25. The van der Waals surface area contributed by atoms with Crippen molar-refractivity contribution in [2.45, 2.75) is 18.9 Å². The number of hydrogen-bond donors (Lipinski definition) is 3. The first-order valence-electron chi connectivity index (χ1n) is 5.07. The van der Waals surface area contributed by atoms with Crippen molar-refractivity contribution in [1.82, 2.24) is 5.32 Å². The first kappa shape index (κ1) is 9.83. The van der Waals surface area contributed by atoms with Gasteiger partial charge in [-0.05, 0) is 24.5 Å². The molecule has 2 rings (SSSR count). The molecule has 1 aromatic rings. The van der Waals surface area contributed by atoms with Gasteiger partial charge in [0.25, 0.3) is 0 Å². The molecule has 4 nitrogen and oxygen atoms in total. The van der Waals surface area contributed by atoms with Crippen molar-refractivity contribution in [2.24, 2.45) is 0 Å². The van der Waals surface area contributed by atoms with E-state index in [0.717, 1.165) is 18.5 Å². The van der Waals surface area contributed by atoms with Gasteiger partial charge in [0.05, 0.1) is 0 Å². The van der Waals surface area contributed by atoms with Gasteiger partial charge in [-0.2, -0.15) is 0 Å². The number of rotatable bonds is 1. The lowest BCUT2D eigenvalue weighted by Gasteiger charge is -2.13. The van der Waals surface area contributed by atoms with E-state index in [9.17, 15) is 4.79 Å². The molecular formula is C11H14N2O2. The van der Waals surface area contributed by atoms with Crippen molar-refractivity contribution in [3.05, 3.63) is 29.8 Å². The van der Waals surface area contributed by atoms with Crippen LogP contribution in [0.4, 0.5) is 10.5 Å². The molecule has 0 saturated heterocycles. The molecule has 1 unspecified atom stereocenters. The van der Waals surface area contributed by atoms with E-state index in [1.807, 2.05) is 18.2 Å². The largest absolute Gasteiger partial charge is 0.465 e. The summed E-state index contributed by atoms with van der Waals surface area (Å²) in [5.41, 5.74) is 2.37. The molecule has 0 spiro atoms. The molecule has 0 saturated carbocycles. The molecule has 3 N–H and O–H groups in total. The van der Waals surface area contributed by atoms with Gasteiger partial charge in [0, 0.05) is 18.3 Å². The zero-order chi connectivity index (χ0) is 10.7. The maximum atomic E-state index is 10.5. The summed E-state index contributed by atoms with van der Waals surface area (Å²) in [6, 6.07) is 8.08. The van der Waals surface area contributed by atoms with Gasteiger partial charge in [-0.15, -0.1) is 0 Å². The molecule has 1 aliphatic rings. The lowest BCUT2D eigenvalue weighted by Crippen LogP contribution is -2.38. The Bertz CT molecular complexity index is 338. The summed E-state index contributed by atoms with van der Waals surface area (Å²) in [4.78, 5) is 10.5. The molecule has 0 fully saturated rings. The zero-order valence-electron chi connectivity index (χ0n) is 8.36. The monoisotopic (exact) mass is 206 g/mol. The van der Waals surface area contributed by atoms with E-state index >= 15 is 0 Å². The zero-order valence-corrected chi connectivity index (χ0v) is 8.36. The summed E-state index contributed by atoms with van der Waals surface area (Å²) >= 11 is 0. The summed E-state index contributed by atoms with van der Waals surface area (Å²) in [5.74, 6) is 0. The smallest absolute Gasteiger partial charge is 0.404 e. The summed E-state index contributed by atoms with van der Waals surface area (Å²) in [6.45, 7) is 0.656. The standard InChI is InChI=1S/C11H14N2O2/c14-11(15)13-9-6-5-8-3-1-2-4-10(8)12-7-9/h1-4,9,12-13H,5-7H2,(H,14,15). The third-order valence-corrected chi connectivity index (χ3v) is 2.65. The number of carbonyl (C=O) groups is 1. The van der Waals surface area contributed by atoms with Gasteiger partial charge in [0.15, 0.2) is 0 Å². The third kappa shape index (κ3) is 2.40. The first-order valence-corrected chi connectivity index (χ1v) is 5.07. The van der Waals surface area contributed by atoms with Crippen LogP contribution in [0, 0.1) is 0 Å². The summed E-state index contributed by atoms with van der Waals surface area (Å²) in [6.07, 6.45) is 0.803. The number of para-hydroxylation sites is 1. The Labute approximate surface area is 88.3 Å². The number of benzene rings is 1. The maximum Gasteiger partial charge on any atom is 0.404 e. The third-order valence-electron chi connectivity index (χ3n) is 2.65. The predicted octanol–water partition coefficient (Wildman–Crippen LogP) is 1.68. The molecule has 1 amide bonds. The van der Waals surface area contributed by atoms with E-state index in [1.165, 1.54) is 5.56 Å². The molecule has 0 aromatic heterocycles. The fourth-order valence-electron chi connectivity index (χ4n) is 1.87. The highest BCUT2D eigenvalue weighted by atomic mass is 16.4. The molecule has 0 radical (unpaired) electrons. The van der Waals surface area contributed by atoms with E-state index in [-0.39, 0.29) is 6.04 Å². The van der Waals surface area contributed by atoms with Gasteiger partial charge < -0.3 is 15.7 Å². The van der Waals surface area contributed by atoms with Crippen molar-refractivity contribution in [3.8, 4) is 0 Å². The molecule has 4 heteroatoms. The molecule has 0 aliphatic carbocycles. The second-order valence-corrected chi connectivity index (χ2v) is 3.72. The maximum absolute atomic E-state index is 10.5. The number of amides is 1. The molecule has 1 atom stereocenters. The molecule has 15 heavy (non-hydrogen) atoms. The lowest BCUT2D eigenvalue weighted by atomic mass is 10.1. The Morgan fingerprint density at radius 3 is 3.07 bits per heavy atom. The van der Waals surface area contributed by atoms with Crippen LogP contribution in [0.25, 0.3) is 0 Å². The van der Waals surface area contributed by atoms with E-state index in [2.05, 4.69) is 16.7 Å². The molecular weight excluding hydrogens is 192 g/mol.